The second-order valence-corrected chi connectivity index (χ2v) is 9.51. The third-order valence-electron chi connectivity index (χ3n) is 7.40. The molecule has 0 aromatic rings. The van der Waals surface area contributed by atoms with Gasteiger partial charge in [0.1, 0.15) is 5.60 Å². The first kappa shape index (κ1) is 18.2. The van der Waals surface area contributed by atoms with Gasteiger partial charge in [-0.1, -0.05) is 0 Å². The number of hydrogen-bond acceptors (Lipinski definition) is 4. The molecule has 146 valence electrons. The van der Waals surface area contributed by atoms with E-state index in [1.54, 1.807) is 0 Å². The summed E-state index contributed by atoms with van der Waals surface area (Å²) in [4.78, 5) is 24.5. The van der Waals surface area contributed by atoms with E-state index in [1.165, 1.54) is 38.5 Å². The van der Waals surface area contributed by atoms with Crippen molar-refractivity contribution in [3.8, 4) is 0 Å². The van der Waals surface area contributed by atoms with Crippen LogP contribution in [-0.4, -0.2) is 48.3 Å². The van der Waals surface area contributed by atoms with Crippen molar-refractivity contribution in [1.82, 2.24) is 10.6 Å². The largest absolute Gasteiger partial charge is 0.385 e. The van der Waals surface area contributed by atoms with Crippen LogP contribution >= 0.6 is 0 Å². The van der Waals surface area contributed by atoms with Gasteiger partial charge in [0.05, 0.1) is 12.6 Å². The van der Waals surface area contributed by atoms with E-state index in [0.717, 1.165) is 17.8 Å². The zero-order valence-electron chi connectivity index (χ0n) is 15.8. The number of nitrogens with one attached hydrogen (secondary N) is 2. The standard InChI is InChI=1S/C20H32N2O4/c1-13-20(25,2-3-26-13)12-22-18(24)11-21-17(23)10-19-7-14-4-15(8-19)6-16(5-14)9-19/h13-16,25H,2-12H2,1H3,(H,21,23)(H,22,24)/t13-,14?,15?,16?,19?,20+/m1/s1. The van der Waals surface area contributed by atoms with Crippen molar-refractivity contribution in [3.05, 3.63) is 0 Å². The van der Waals surface area contributed by atoms with E-state index in [1.807, 2.05) is 6.92 Å². The van der Waals surface area contributed by atoms with Crippen LogP contribution in [-0.2, 0) is 14.3 Å². The summed E-state index contributed by atoms with van der Waals surface area (Å²) in [6.45, 7) is 2.47. The molecule has 0 aromatic heterocycles. The molecule has 2 atom stereocenters. The Kier molecular flexibility index (Phi) is 4.76. The minimum atomic E-state index is -1.00. The van der Waals surface area contributed by atoms with Crippen LogP contribution in [0.4, 0.5) is 0 Å². The molecule has 0 spiro atoms. The molecule has 5 rings (SSSR count). The van der Waals surface area contributed by atoms with E-state index >= 15 is 0 Å². The maximum Gasteiger partial charge on any atom is 0.239 e. The second-order valence-electron chi connectivity index (χ2n) is 9.51. The Morgan fingerprint density at radius 1 is 1.04 bits per heavy atom. The van der Waals surface area contributed by atoms with Crippen LogP contribution in [0.15, 0.2) is 0 Å². The van der Waals surface area contributed by atoms with Gasteiger partial charge >= 0.3 is 0 Å². The first-order valence-corrected chi connectivity index (χ1v) is 10.2. The predicted molar refractivity (Wildman–Crippen MR) is 96.2 cm³/mol. The maximum atomic E-state index is 12.4. The van der Waals surface area contributed by atoms with Crippen LogP contribution in [0.25, 0.3) is 0 Å². The Labute approximate surface area is 155 Å². The summed E-state index contributed by atoms with van der Waals surface area (Å²) in [6, 6.07) is 0. The molecular weight excluding hydrogens is 332 g/mol. The number of hydrogen-bond donors (Lipinski definition) is 3. The third-order valence-corrected chi connectivity index (χ3v) is 7.40. The quantitative estimate of drug-likeness (QED) is 0.664. The van der Waals surface area contributed by atoms with Gasteiger partial charge in [0.15, 0.2) is 0 Å². The molecule has 0 unspecified atom stereocenters. The Morgan fingerprint density at radius 2 is 1.65 bits per heavy atom. The summed E-state index contributed by atoms with van der Waals surface area (Å²) < 4.78 is 5.36. The second kappa shape index (κ2) is 6.79. The first-order chi connectivity index (χ1) is 12.4. The number of amides is 2. The molecule has 4 bridgehead atoms. The molecule has 26 heavy (non-hydrogen) atoms. The van der Waals surface area contributed by atoms with Gasteiger partial charge in [-0.15, -0.1) is 0 Å². The van der Waals surface area contributed by atoms with Gasteiger partial charge in [-0.25, -0.2) is 0 Å². The SMILES string of the molecule is C[C@H]1OCC[C@]1(O)CNC(=O)CNC(=O)CC12CC3CC(CC(C3)C1)C2. The molecule has 5 fully saturated rings. The summed E-state index contributed by atoms with van der Waals surface area (Å²) in [5.41, 5.74) is -0.806. The van der Waals surface area contributed by atoms with Crippen molar-refractivity contribution in [2.45, 2.75) is 70.0 Å². The molecule has 2 amide bonds. The summed E-state index contributed by atoms with van der Waals surface area (Å²) in [6.07, 6.45) is 8.51. The molecular formula is C20H32N2O4. The van der Waals surface area contributed by atoms with Gasteiger partial charge in [-0.05, 0) is 68.6 Å². The van der Waals surface area contributed by atoms with Crippen molar-refractivity contribution >= 4 is 11.8 Å². The van der Waals surface area contributed by atoms with Crippen molar-refractivity contribution in [2.75, 3.05) is 19.7 Å². The van der Waals surface area contributed by atoms with E-state index in [4.69, 9.17) is 4.74 Å². The van der Waals surface area contributed by atoms with Gasteiger partial charge in [0.25, 0.3) is 0 Å². The van der Waals surface area contributed by atoms with Crippen molar-refractivity contribution in [1.29, 1.82) is 0 Å². The van der Waals surface area contributed by atoms with Crippen molar-refractivity contribution < 1.29 is 19.4 Å². The van der Waals surface area contributed by atoms with Crippen LogP contribution in [0.2, 0.25) is 0 Å². The van der Waals surface area contributed by atoms with Crippen LogP contribution in [0.1, 0.15) is 58.3 Å². The van der Waals surface area contributed by atoms with E-state index in [9.17, 15) is 14.7 Å². The number of rotatable bonds is 6. The summed E-state index contributed by atoms with van der Waals surface area (Å²) in [5.74, 6) is 2.23. The number of carbonyl (C=O) groups excluding carboxylic acids is 2. The lowest BCUT2D eigenvalue weighted by atomic mass is 9.49. The lowest BCUT2D eigenvalue weighted by Gasteiger charge is -2.56. The Bertz CT molecular complexity index is 543. The Morgan fingerprint density at radius 3 is 2.19 bits per heavy atom. The van der Waals surface area contributed by atoms with Crippen molar-refractivity contribution in [2.24, 2.45) is 23.2 Å². The summed E-state index contributed by atoms with van der Waals surface area (Å²) in [5, 5.41) is 15.9. The fourth-order valence-electron chi connectivity index (χ4n) is 6.41. The molecule has 0 radical (unpaired) electrons. The van der Waals surface area contributed by atoms with Gasteiger partial charge in [-0.3, -0.25) is 9.59 Å². The van der Waals surface area contributed by atoms with E-state index in [-0.39, 0.29) is 36.4 Å². The van der Waals surface area contributed by atoms with Gasteiger partial charge in [-0.2, -0.15) is 0 Å². The van der Waals surface area contributed by atoms with Crippen LogP contribution in [0.5, 0.6) is 0 Å². The van der Waals surface area contributed by atoms with E-state index in [2.05, 4.69) is 10.6 Å². The average molecular weight is 364 g/mol. The predicted octanol–water partition coefficient (Wildman–Crippen LogP) is 1.37. The van der Waals surface area contributed by atoms with Gasteiger partial charge in [0, 0.05) is 26.0 Å². The Hall–Kier alpha value is -1.14. The zero-order valence-corrected chi connectivity index (χ0v) is 15.8. The molecule has 3 N–H and O–H groups in total. The molecule has 6 heteroatoms. The third kappa shape index (κ3) is 3.63. The molecule has 5 aliphatic rings. The highest BCUT2D eigenvalue weighted by Crippen LogP contribution is 2.61. The highest BCUT2D eigenvalue weighted by atomic mass is 16.5. The molecule has 6 nitrogen and oxygen atoms in total. The zero-order chi connectivity index (χ0) is 18.4. The minimum Gasteiger partial charge on any atom is -0.385 e. The molecule has 4 saturated carbocycles. The monoisotopic (exact) mass is 364 g/mol. The van der Waals surface area contributed by atoms with Gasteiger partial charge in [0.2, 0.25) is 11.8 Å². The minimum absolute atomic E-state index is 0.00150. The number of aliphatic hydroxyl groups is 1. The van der Waals surface area contributed by atoms with E-state index in [0.29, 0.717) is 19.4 Å². The maximum absolute atomic E-state index is 12.4. The lowest BCUT2D eigenvalue weighted by Crippen LogP contribution is -2.50. The van der Waals surface area contributed by atoms with Crippen LogP contribution in [0.3, 0.4) is 0 Å². The highest BCUT2D eigenvalue weighted by molar-refractivity contribution is 5.85. The normalized spacial score (nSPS) is 43.5. The smallest absolute Gasteiger partial charge is 0.239 e. The number of ether oxygens (including phenoxy) is 1. The van der Waals surface area contributed by atoms with Crippen molar-refractivity contribution in [3.63, 3.8) is 0 Å². The number of carbonyl (C=O) groups is 2. The topological polar surface area (TPSA) is 87.7 Å². The van der Waals surface area contributed by atoms with Gasteiger partial charge < -0.3 is 20.5 Å². The molecule has 1 saturated heterocycles. The first-order valence-electron chi connectivity index (χ1n) is 10.2. The highest BCUT2D eigenvalue weighted by Gasteiger charge is 2.51. The average Bonchev–Trinajstić information content (AvgIpc) is 2.89. The molecule has 1 aliphatic heterocycles. The summed E-state index contributed by atoms with van der Waals surface area (Å²) >= 11 is 0. The molecule has 0 aromatic carbocycles. The molecule has 1 heterocycles. The lowest BCUT2D eigenvalue weighted by molar-refractivity contribution is -0.132. The fraction of sp³-hybridized carbons (Fsp3) is 0.900. The Balaban J connectivity index is 1.21. The van der Waals surface area contributed by atoms with E-state index < -0.39 is 5.60 Å². The summed E-state index contributed by atoms with van der Waals surface area (Å²) in [7, 11) is 0. The fourth-order valence-corrected chi connectivity index (χ4v) is 6.41. The van der Waals surface area contributed by atoms with Crippen LogP contribution < -0.4 is 10.6 Å². The molecule has 4 aliphatic carbocycles. The van der Waals surface area contributed by atoms with Crippen LogP contribution in [0, 0.1) is 23.2 Å².